The number of fused-ring (bicyclic) bond motifs is 1. The molecule has 150 valence electrons. The van der Waals surface area contributed by atoms with Crippen molar-refractivity contribution in [2.45, 2.75) is 0 Å². The molecule has 0 radical (unpaired) electrons. The molecular weight excluding hydrogens is 408 g/mol. The number of carbonyl (C=O) groups excluding carboxylic acids is 1. The first-order chi connectivity index (χ1) is 14.4. The standard InChI is InChI=1S/C21H14FN3O4S/c1-29-15-7-9-17-19(11-15)30-21(24-17)12-2-5-14(6-3-12)23-20(26)13-4-8-16(22)18(10-13)25(27)28/h2-11H,1H3,(H,23,26)/i22-1. The Morgan fingerprint density at radius 2 is 1.90 bits per heavy atom. The maximum atomic E-state index is 13.5. The molecule has 4 rings (SSSR count). The summed E-state index contributed by atoms with van der Waals surface area (Å²) in [5.74, 6) is -0.802. The number of hydrogen-bond donors (Lipinski definition) is 1. The van der Waals surface area contributed by atoms with Gasteiger partial charge in [-0.2, -0.15) is 4.39 Å². The van der Waals surface area contributed by atoms with Crippen molar-refractivity contribution in [3.8, 4) is 16.3 Å². The van der Waals surface area contributed by atoms with E-state index in [1.807, 2.05) is 30.3 Å². The highest BCUT2D eigenvalue weighted by Gasteiger charge is 2.17. The molecule has 0 aliphatic heterocycles. The monoisotopic (exact) mass is 422 g/mol. The van der Waals surface area contributed by atoms with Crippen LogP contribution in [0.1, 0.15) is 10.4 Å². The Hall–Kier alpha value is -3.85. The molecule has 1 amide bonds. The fraction of sp³-hybridized carbons (Fsp3) is 0.0476. The van der Waals surface area contributed by atoms with Crippen molar-refractivity contribution in [1.82, 2.24) is 4.98 Å². The van der Waals surface area contributed by atoms with E-state index in [9.17, 15) is 19.3 Å². The number of aromatic nitrogens is 1. The smallest absolute Gasteiger partial charge is 0.305 e. The van der Waals surface area contributed by atoms with Crippen LogP contribution in [0, 0.1) is 15.9 Å². The first-order valence-corrected chi connectivity index (χ1v) is 9.56. The summed E-state index contributed by atoms with van der Waals surface area (Å²) >= 11 is 1.52. The van der Waals surface area contributed by atoms with E-state index in [0.29, 0.717) is 5.69 Å². The first-order valence-electron chi connectivity index (χ1n) is 8.75. The Morgan fingerprint density at radius 1 is 1.13 bits per heavy atom. The van der Waals surface area contributed by atoms with E-state index < -0.39 is 22.3 Å². The number of nitrogens with zero attached hydrogens (tertiary/aromatic N) is 2. The number of ether oxygens (including phenoxy) is 1. The van der Waals surface area contributed by atoms with E-state index in [1.54, 1.807) is 19.2 Å². The molecule has 0 atom stereocenters. The quantitative estimate of drug-likeness (QED) is 0.349. The van der Waals surface area contributed by atoms with Crippen molar-refractivity contribution >= 4 is 38.8 Å². The fourth-order valence-electron chi connectivity index (χ4n) is 2.85. The molecule has 9 heteroatoms. The van der Waals surface area contributed by atoms with Crippen LogP contribution in [-0.2, 0) is 0 Å². The largest absolute Gasteiger partial charge is 0.497 e. The molecular formula is C21H14FN3O4S. The van der Waals surface area contributed by atoms with Crippen molar-refractivity contribution in [3.05, 3.63) is 82.2 Å². The zero-order valence-corrected chi connectivity index (χ0v) is 16.4. The van der Waals surface area contributed by atoms with Crippen LogP contribution in [0.5, 0.6) is 5.75 Å². The van der Waals surface area contributed by atoms with Gasteiger partial charge in [-0.15, -0.1) is 11.3 Å². The summed E-state index contributed by atoms with van der Waals surface area (Å²) in [5.41, 5.74) is 1.49. The molecule has 1 N–H and O–H groups in total. The van der Waals surface area contributed by atoms with Crippen molar-refractivity contribution < 1.29 is 18.8 Å². The lowest BCUT2D eigenvalue weighted by molar-refractivity contribution is -0.387. The van der Waals surface area contributed by atoms with Gasteiger partial charge in [-0.25, -0.2) is 4.98 Å². The number of anilines is 1. The molecule has 0 saturated carbocycles. The predicted octanol–water partition coefficient (Wildman–Crippen LogP) is 5.27. The van der Waals surface area contributed by atoms with Crippen molar-refractivity contribution in [3.63, 3.8) is 0 Å². The second kappa shape index (κ2) is 7.88. The normalized spacial score (nSPS) is 10.7. The number of methoxy groups -OCH3 is 1. The first kappa shape index (κ1) is 19.5. The van der Waals surface area contributed by atoms with Crippen LogP contribution >= 0.6 is 11.3 Å². The fourth-order valence-corrected chi connectivity index (χ4v) is 3.85. The van der Waals surface area contributed by atoms with Gasteiger partial charge < -0.3 is 10.1 Å². The molecule has 0 spiro atoms. The van der Waals surface area contributed by atoms with E-state index in [4.69, 9.17) is 4.74 Å². The molecule has 0 saturated heterocycles. The number of halogens is 1. The van der Waals surface area contributed by atoms with Gasteiger partial charge in [0.15, 0.2) is 0 Å². The van der Waals surface area contributed by atoms with Gasteiger partial charge in [0.1, 0.15) is 10.8 Å². The van der Waals surface area contributed by atoms with Crippen LogP contribution in [0.2, 0.25) is 0 Å². The lowest BCUT2D eigenvalue weighted by Gasteiger charge is -2.06. The third-order valence-corrected chi connectivity index (χ3v) is 5.46. The van der Waals surface area contributed by atoms with Crippen molar-refractivity contribution in [2.75, 3.05) is 12.4 Å². The Kier molecular flexibility index (Phi) is 5.11. The number of hydrogen-bond acceptors (Lipinski definition) is 6. The maximum Gasteiger partial charge on any atom is 0.305 e. The highest BCUT2D eigenvalue weighted by molar-refractivity contribution is 7.21. The van der Waals surface area contributed by atoms with Gasteiger partial charge in [0.05, 0.1) is 22.2 Å². The van der Waals surface area contributed by atoms with Gasteiger partial charge in [-0.05, 0) is 54.6 Å². The van der Waals surface area contributed by atoms with E-state index in [-0.39, 0.29) is 5.56 Å². The third kappa shape index (κ3) is 3.83. The summed E-state index contributed by atoms with van der Waals surface area (Å²) in [4.78, 5) is 26.9. The Morgan fingerprint density at radius 3 is 2.60 bits per heavy atom. The molecule has 0 unspecified atom stereocenters. The number of rotatable bonds is 5. The van der Waals surface area contributed by atoms with Gasteiger partial charge >= 0.3 is 5.69 Å². The number of benzene rings is 3. The summed E-state index contributed by atoms with van der Waals surface area (Å²) in [6.45, 7) is 0. The molecule has 0 aliphatic carbocycles. The molecule has 3 aromatic carbocycles. The number of nitro benzene ring substituents is 1. The molecule has 0 fully saturated rings. The van der Waals surface area contributed by atoms with E-state index in [1.165, 1.54) is 17.4 Å². The minimum Gasteiger partial charge on any atom is -0.497 e. The number of thiazole rings is 1. The molecule has 30 heavy (non-hydrogen) atoms. The maximum absolute atomic E-state index is 13.5. The van der Waals surface area contributed by atoms with Gasteiger partial charge in [0.25, 0.3) is 5.91 Å². The average Bonchev–Trinajstić information content (AvgIpc) is 3.17. The number of amides is 1. The summed E-state index contributed by atoms with van der Waals surface area (Å²) in [5, 5.41) is 14.3. The molecule has 1 aromatic heterocycles. The Labute approximate surface area is 173 Å². The molecule has 1 heterocycles. The zero-order valence-electron chi connectivity index (χ0n) is 15.6. The second-order valence-corrected chi connectivity index (χ2v) is 7.34. The van der Waals surface area contributed by atoms with Gasteiger partial charge in [0, 0.05) is 22.9 Å². The average molecular weight is 422 g/mol. The highest BCUT2D eigenvalue weighted by Crippen LogP contribution is 2.32. The van der Waals surface area contributed by atoms with Crippen LogP contribution in [0.15, 0.2) is 60.7 Å². The molecule has 7 nitrogen and oxygen atoms in total. The Bertz CT molecular complexity index is 1270. The van der Waals surface area contributed by atoms with E-state index >= 15 is 0 Å². The predicted molar refractivity (Wildman–Crippen MR) is 113 cm³/mol. The van der Waals surface area contributed by atoms with E-state index in [0.717, 1.165) is 38.7 Å². The van der Waals surface area contributed by atoms with Crippen molar-refractivity contribution in [2.24, 2.45) is 0 Å². The number of nitro groups is 1. The van der Waals surface area contributed by atoms with Crippen LogP contribution in [0.4, 0.5) is 15.8 Å². The lowest BCUT2D eigenvalue weighted by Crippen LogP contribution is -2.12. The molecule has 4 aromatic rings. The van der Waals surface area contributed by atoms with Crippen LogP contribution < -0.4 is 10.1 Å². The van der Waals surface area contributed by atoms with Gasteiger partial charge in [0.2, 0.25) is 5.82 Å². The van der Waals surface area contributed by atoms with Crippen molar-refractivity contribution in [1.29, 1.82) is 0 Å². The summed E-state index contributed by atoms with van der Waals surface area (Å²) < 4.78 is 19.7. The second-order valence-electron chi connectivity index (χ2n) is 6.31. The minimum absolute atomic E-state index is 0.00713. The Balaban J connectivity index is 1.53. The minimum atomic E-state index is -0.991. The third-order valence-electron chi connectivity index (χ3n) is 4.39. The number of carbonyl (C=O) groups is 1. The summed E-state index contributed by atoms with van der Waals surface area (Å²) in [6, 6.07) is 15.7. The number of nitrogens with one attached hydrogen (secondary N) is 1. The van der Waals surface area contributed by atoms with Crippen LogP contribution in [-0.4, -0.2) is 22.9 Å². The van der Waals surface area contributed by atoms with Crippen LogP contribution in [0.25, 0.3) is 20.8 Å². The van der Waals surface area contributed by atoms with E-state index in [2.05, 4.69) is 10.3 Å². The van der Waals surface area contributed by atoms with Gasteiger partial charge in [-0.1, -0.05) is 0 Å². The topological polar surface area (TPSA) is 94.4 Å². The lowest BCUT2D eigenvalue weighted by atomic mass is 10.1. The SMILES string of the molecule is COc1ccc2nc(-c3ccc(NC(=O)c4ccc([18F])c([N+](=O)[O-])c4)cc3)sc2c1. The van der Waals surface area contributed by atoms with Gasteiger partial charge in [-0.3, -0.25) is 14.9 Å². The van der Waals surface area contributed by atoms with Crippen LogP contribution in [0.3, 0.4) is 0 Å². The summed E-state index contributed by atoms with van der Waals surface area (Å²) in [6.07, 6.45) is 0. The summed E-state index contributed by atoms with van der Waals surface area (Å²) in [7, 11) is 1.61. The molecule has 0 bridgehead atoms. The zero-order chi connectivity index (χ0) is 21.3. The highest BCUT2D eigenvalue weighted by atomic mass is 32.1. The molecule has 0 aliphatic rings.